The van der Waals surface area contributed by atoms with Gasteiger partial charge in [0, 0.05) is 0 Å². The SMILES string of the molecule is Cc1ccc([S+](=O)(c2ccc(C)cc2)c2ccc(C)cc2)cc1.F[B-](F)(F)c1cc(C(F)(F)F)cc(C(F)(F)F)c1. The summed E-state index contributed by atoms with van der Waals surface area (Å²) >= 11 is 0. The van der Waals surface area contributed by atoms with E-state index in [9.17, 15) is 43.5 Å². The molecule has 0 saturated heterocycles. The first-order chi connectivity index (χ1) is 18.8. The maximum Gasteiger partial charge on any atom is 0.509 e. The lowest BCUT2D eigenvalue weighted by Crippen LogP contribution is -2.36. The van der Waals surface area contributed by atoms with E-state index in [0.29, 0.717) is 0 Å². The van der Waals surface area contributed by atoms with Crippen LogP contribution in [-0.4, -0.2) is 6.98 Å². The van der Waals surface area contributed by atoms with Gasteiger partial charge in [-0.3, -0.25) is 0 Å². The monoisotopic (exact) mass is 602 g/mol. The lowest BCUT2D eigenvalue weighted by molar-refractivity contribution is -0.142. The van der Waals surface area contributed by atoms with E-state index in [0.717, 1.165) is 14.7 Å². The number of hydrogen-bond acceptors (Lipinski definition) is 1. The van der Waals surface area contributed by atoms with Gasteiger partial charge in [0.25, 0.3) is 0 Å². The molecule has 0 aliphatic heterocycles. The van der Waals surface area contributed by atoms with Gasteiger partial charge in [0.15, 0.2) is 24.6 Å². The minimum absolute atomic E-state index is 0.338. The topological polar surface area (TPSA) is 17.1 Å². The summed E-state index contributed by atoms with van der Waals surface area (Å²) in [5.74, 6) is 0. The summed E-state index contributed by atoms with van der Waals surface area (Å²) in [4.78, 5) is 2.57. The molecule has 0 amide bonds. The minimum Gasteiger partial charge on any atom is -0.445 e. The molecule has 0 heterocycles. The zero-order valence-corrected chi connectivity index (χ0v) is 22.8. The van der Waals surface area contributed by atoms with Gasteiger partial charge in [0.2, 0.25) is 0 Å². The molecule has 12 heteroatoms. The molecule has 0 aromatic heterocycles. The van der Waals surface area contributed by atoms with Gasteiger partial charge in [-0.1, -0.05) is 69.4 Å². The van der Waals surface area contributed by atoms with E-state index < -0.39 is 45.9 Å². The van der Waals surface area contributed by atoms with E-state index in [1.54, 1.807) is 0 Å². The van der Waals surface area contributed by atoms with Crippen LogP contribution in [0.5, 0.6) is 0 Å². The minimum atomic E-state index is -5.95. The molecule has 41 heavy (non-hydrogen) atoms. The van der Waals surface area contributed by atoms with Crippen molar-refractivity contribution in [2.45, 2.75) is 47.8 Å². The first kappa shape index (κ1) is 32.0. The Kier molecular flexibility index (Phi) is 9.17. The molecular weight excluding hydrogens is 578 g/mol. The van der Waals surface area contributed by atoms with E-state index in [2.05, 4.69) is 0 Å². The van der Waals surface area contributed by atoms with Gasteiger partial charge in [-0.2, -0.15) is 26.3 Å². The van der Waals surface area contributed by atoms with Crippen LogP contribution in [-0.2, 0) is 26.5 Å². The van der Waals surface area contributed by atoms with Crippen LogP contribution in [0.4, 0.5) is 39.3 Å². The van der Waals surface area contributed by atoms with Gasteiger partial charge in [0.05, 0.1) is 11.1 Å². The Hall–Kier alpha value is -3.54. The molecular formula is C29H24BF9OS. The van der Waals surface area contributed by atoms with Crippen molar-refractivity contribution in [3.05, 3.63) is 119 Å². The number of aryl methyl sites for hydroxylation is 3. The average molecular weight is 602 g/mol. The predicted octanol–water partition coefficient (Wildman–Crippen LogP) is 9.37. The Morgan fingerprint density at radius 3 is 1.00 bits per heavy atom. The summed E-state index contributed by atoms with van der Waals surface area (Å²) in [5, 5.41) is 0. The highest BCUT2D eigenvalue weighted by atomic mass is 32.2. The molecule has 0 radical (unpaired) electrons. The normalized spacial score (nSPS) is 12.5. The summed E-state index contributed by atoms with van der Waals surface area (Å²) in [6.07, 6.45) is -10.6. The molecule has 0 atom stereocenters. The highest BCUT2D eigenvalue weighted by molar-refractivity contribution is 8.03. The largest absolute Gasteiger partial charge is 0.509 e. The second-order valence-electron chi connectivity index (χ2n) is 9.41. The van der Waals surface area contributed by atoms with Crippen LogP contribution >= 0.6 is 0 Å². The van der Waals surface area contributed by atoms with Crippen molar-refractivity contribution in [3.63, 3.8) is 0 Å². The Morgan fingerprint density at radius 1 is 0.512 bits per heavy atom. The van der Waals surface area contributed by atoms with E-state index >= 15 is 0 Å². The first-order valence-electron chi connectivity index (χ1n) is 12.1. The Bertz CT molecular complexity index is 1330. The third kappa shape index (κ3) is 7.81. The number of benzene rings is 4. The van der Waals surface area contributed by atoms with E-state index in [-0.39, 0.29) is 18.2 Å². The molecule has 0 aliphatic carbocycles. The van der Waals surface area contributed by atoms with Crippen molar-refractivity contribution in [3.8, 4) is 0 Å². The van der Waals surface area contributed by atoms with Gasteiger partial charge in [-0.05, 0) is 63.2 Å². The summed E-state index contributed by atoms with van der Waals surface area (Å²) < 4.78 is 124. The van der Waals surface area contributed by atoms with Crippen LogP contribution in [0.25, 0.3) is 0 Å². The maximum atomic E-state index is 14.1. The van der Waals surface area contributed by atoms with E-state index in [1.807, 2.05) is 93.6 Å². The lowest BCUT2D eigenvalue weighted by atomic mass is 9.78. The van der Waals surface area contributed by atoms with Crippen LogP contribution in [0.3, 0.4) is 0 Å². The zero-order chi connectivity index (χ0) is 30.8. The number of hydrogen-bond donors (Lipinski definition) is 0. The number of halogens is 9. The molecule has 0 spiro atoms. The van der Waals surface area contributed by atoms with Crippen LogP contribution < -0.4 is 5.46 Å². The van der Waals surface area contributed by atoms with Gasteiger partial charge < -0.3 is 12.9 Å². The molecule has 4 rings (SSSR count). The fourth-order valence-electron chi connectivity index (χ4n) is 3.77. The van der Waals surface area contributed by atoms with Crippen molar-refractivity contribution >= 4 is 22.4 Å². The number of rotatable bonds is 4. The van der Waals surface area contributed by atoms with Gasteiger partial charge in [0.1, 0.15) is 0 Å². The average Bonchev–Trinajstić information content (AvgIpc) is 2.88. The van der Waals surface area contributed by atoms with Crippen molar-refractivity contribution in [2.75, 3.05) is 0 Å². The molecule has 0 fully saturated rings. The summed E-state index contributed by atoms with van der Waals surface area (Å²) in [7, 11) is -2.48. The first-order valence-corrected chi connectivity index (χ1v) is 13.6. The summed E-state index contributed by atoms with van der Waals surface area (Å²) in [6, 6.07) is 23.0. The van der Waals surface area contributed by atoms with Crippen molar-refractivity contribution in [1.82, 2.24) is 0 Å². The third-order valence-corrected chi connectivity index (χ3v) is 8.85. The van der Waals surface area contributed by atoms with Gasteiger partial charge in [-0.15, -0.1) is 5.46 Å². The molecule has 0 bridgehead atoms. The quantitative estimate of drug-likeness (QED) is 0.129. The molecule has 0 aliphatic rings. The summed E-state index contributed by atoms with van der Waals surface area (Å²) in [5.41, 5.74) is -2.38. The molecule has 4 aromatic carbocycles. The highest BCUT2D eigenvalue weighted by Crippen LogP contribution is 2.37. The van der Waals surface area contributed by atoms with Crippen LogP contribution in [0.1, 0.15) is 27.8 Å². The molecule has 0 unspecified atom stereocenters. The van der Waals surface area contributed by atoms with Crippen molar-refractivity contribution in [2.24, 2.45) is 0 Å². The molecule has 0 saturated carbocycles. The zero-order valence-electron chi connectivity index (χ0n) is 22.0. The molecule has 4 aromatic rings. The summed E-state index contributed by atoms with van der Waals surface area (Å²) in [6.45, 7) is 0.186. The molecule has 0 N–H and O–H groups in total. The Morgan fingerprint density at radius 2 is 0.780 bits per heavy atom. The smallest absolute Gasteiger partial charge is 0.445 e. The fraction of sp³-hybridized carbons (Fsp3) is 0.172. The Balaban J connectivity index is 0.000000233. The van der Waals surface area contributed by atoms with Crippen molar-refractivity contribution < 1.29 is 43.5 Å². The van der Waals surface area contributed by atoms with Crippen molar-refractivity contribution in [1.29, 1.82) is 0 Å². The van der Waals surface area contributed by atoms with Crippen LogP contribution in [0.15, 0.2) is 106 Å². The standard InChI is InChI=1S/C21H21OS.C8H3BF9/c1-16-4-10-19(11-5-16)23(22,20-12-6-17(2)7-13-20)21-14-8-18(3)9-15-21;10-7(11,12)4-1-5(8(13,14)15)3-6(2-4)9(16,17)18/h4-15H,1-3H3;1-3H/q+1;-1. The van der Waals surface area contributed by atoms with Crippen LogP contribution in [0, 0.1) is 20.8 Å². The lowest BCUT2D eigenvalue weighted by Gasteiger charge is -2.19. The molecule has 218 valence electrons. The number of alkyl halides is 6. The predicted molar refractivity (Wildman–Crippen MR) is 142 cm³/mol. The second kappa shape index (κ2) is 11.8. The van der Waals surface area contributed by atoms with Crippen LogP contribution in [0.2, 0.25) is 0 Å². The third-order valence-electron chi connectivity index (χ3n) is 6.05. The second-order valence-corrected chi connectivity index (χ2v) is 11.9. The fourth-order valence-corrected chi connectivity index (χ4v) is 6.14. The maximum absolute atomic E-state index is 14.1. The van der Waals surface area contributed by atoms with E-state index in [1.165, 1.54) is 16.7 Å². The highest BCUT2D eigenvalue weighted by Gasteiger charge is 2.39. The molecule has 1 nitrogen and oxygen atoms in total. The van der Waals surface area contributed by atoms with E-state index in [4.69, 9.17) is 0 Å². The van der Waals surface area contributed by atoms with Gasteiger partial charge >= 0.3 is 19.3 Å². The van der Waals surface area contributed by atoms with Gasteiger partial charge in [-0.25, -0.2) is 0 Å². The Labute approximate surface area is 232 Å².